The van der Waals surface area contributed by atoms with Crippen LogP contribution in [0.3, 0.4) is 0 Å². The van der Waals surface area contributed by atoms with Gasteiger partial charge in [0.1, 0.15) is 0 Å². The average molecular weight is 248 g/mol. The lowest BCUT2D eigenvalue weighted by Gasteiger charge is -1.87. The molecule has 100 valence electrons. The number of unbranched alkanes of at least 4 members (excludes halogenated alkanes) is 3. The third-order valence-corrected chi connectivity index (χ3v) is 2.27. The van der Waals surface area contributed by atoms with Gasteiger partial charge in [0.15, 0.2) is 0 Å². The summed E-state index contributed by atoms with van der Waals surface area (Å²) in [7, 11) is 0. The van der Waals surface area contributed by atoms with Crippen LogP contribution >= 0.6 is 0 Å². The molecule has 0 saturated carbocycles. The summed E-state index contributed by atoms with van der Waals surface area (Å²) in [5, 5.41) is 8.37. The lowest BCUT2D eigenvalue weighted by Crippen LogP contribution is -1.84. The summed E-state index contributed by atoms with van der Waals surface area (Å²) in [5.41, 5.74) is 0. The zero-order valence-corrected chi connectivity index (χ0v) is 11.2. The van der Waals surface area contributed by atoms with Gasteiger partial charge in [-0.1, -0.05) is 55.9 Å². The van der Waals surface area contributed by atoms with Crippen molar-refractivity contribution in [2.24, 2.45) is 0 Å². The molecule has 0 aromatic carbocycles. The highest BCUT2D eigenvalue weighted by Gasteiger charge is 1.83. The number of carbonyl (C=O) groups is 1. The van der Waals surface area contributed by atoms with E-state index >= 15 is 0 Å². The molecule has 0 rings (SSSR count). The second kappa shape index (κ2) is 13.5. The number of rotatable bonds is 10. The third-order valence-electron chi connectivity index (χ3n) is 2.27. The standard InChI is InChI=1S/C16H24O2/c1-2-3-4-5-6-7-8-9-10-11-12-13-14-15-16(17)18/h4-5,8-11,14-15H,2-3,6-7,12-13H2,1H3,(H,17,18). The summed E-state index contributed by atoms with van der Waals surface area (Å²) in [6.07, 6.45) is 21.8. The maximum atomic E-state index is 10.2. The first-order chi connectivity index (χ1) is 8.77. The van der Waals surface area contributed by atoms with E-state index in [0.717, 1.165) is 25.7 Å². The van der Waals surface area contributed by atoms with E-state index in [0.29, 0.717) is 0 Å². The lowest BCUT2D eigenvalue weighted by atomic mass is 10.2. The van der Waals surface area contributed by atoms with Gasteiger partial charge in [-0.2, -0.15) is 0 Å². The van der Waals surface area contributed by atoms with Crippen LogP contribution in [0.5, 0.6) is 0 Å². The summed E-state index contributed by atoms with van der Waals surface area (Å²) < 4.78 is 0. The van der Waals surface area contributed by atoms with Crippen LogP contribution in [-0.4, -0.2) is 11.1 Å². The van der Waals surface area contributed by atoms with E-state index in [2.05, 4.69) is 37.3 Å². The van der Waals surface area contributed by atoms with Crippen molar-refractivity contribution in [2.45, 2.75) is 45.4 Å². The van der Waals surface area contributed by atoms with E-state index in [-0.39, 0.29) is 0 Å². The topological polar surface area (TPSA) is 37.3 Å². The van der Waals surface area contributed by atoms with E-state index in [4.69, 9.17) is 5.11 Å². The van der Waals surface area contributed by atoms with Crippen LogP contribution in [0, 0.1) is 0 Å². The lowest BCUT2D eigenvalue weighted by molar-refractivity contribution is -0.131. The molecule has 0 unspecified atom stereocenters. The monoisotopic (exact) mass is 248 g/mol. The van der Waals surface area contributed by atoms with Crippen molar-refractivity contribution in [1.29, 1.82) is 0 Å². The zero-order valence-electron chi connectivity index (χ0n) is 11.2. The fraction of sp³-hybridized carbons (Fsp3) is 0.438. The fourth-order valence-corrected chi connectivity index (χ4v) is 1.32. The summed E-state index contributed by atoms with van der Waals surface area (Å²) in [6, 6.07) is 0. The molecule has 0 aliphatic carbocycles. The average Bonchev–Trinajstić information content (AvgIpc) is 2.34. The largest absolute Gasteiger partial charge is 0.478 e. The van der Waals surface area contributed by atoms with Crippen molar-refractivity contribution in [3.05, 3.63) is 48.6 Å². The molecule has 0 aliphatic heterocycles. The minimum absolute atomic E-state index is 0.774. The van der Waals surface area contributed by atoms with Gasteiger partial charge < -0.3 is 5.11 Å². The molecule has 0 spiro atoms. The quantitative estimate of drug-likeness (QED) is 0.264. The number of allylic oxidation sites excluding steroid dienone is 7. The highest BCUT2D eigenvalue weighted by atomic mass is 16.4. The molecule has 0 aromatic heterocycles. The molecule has 0 saturated heterocycles. The molecule has 0 bridgehead atoms. The maximum Gasteiger partial charge on any atom is 0.327 e. The Hall–Kier alpha value is -1.57. The van der Waals surface area contributed by atoms with Gasteiger partial charge in [-0.25, -0.2) is 4.79 Å². The first kappa shape index (κ1) is 16.4. The van der Waals surface area contributed by atoms with Gasteiger partial charge in [-0.15, -0.1) is 0 Å². The molecule has 0 amide bonds. The van der Waals surface area contributed by atoms with E-state index < -0.39 is 5.97 Å². The Labute approximate surface area is 110 Å². The second-order valence-electron chi connectivity index (χ2n) is 4.01. The van der Waals surface area contributed by atoms with Crippen molar-refractivity contribution in [2.75, 3.05) is 0 Å². The fourth-order valence-electron chi connectivity index (χ4n) is 1.32. The third kappa shape index (κ3) is 14.4. The number of carboxylic acids is 1. The van der Waals surface area contributed by atoms with Gasteiger partial charge in [0.2, 0.25) is 0 Å². The SMILES string of the molecule is CCCC=CCCC=CC=CCCC=CC(=O)O. The van der Waals surface area contributed by atoms with Crippen LogP contribution < -0.4 is 0 Å². The number of aliphatic carboxylic acids is 1. The van der Waals surface area contributed by atoms with Crippen molar-refractivity contribution in [1.82, 2.24) is 0 Å². The Bertz CT molecular complexity index is 309. The predicted octanol–water partition coefficient (Wildman–Crippen LogP) is 4.66. The number of hydrogen-bond donors (Lipinski definition) is 1. The second-order valence-corrected chi connectivity index (χ2v) is 4.01. The van der Waals surface area contributed by atoms with Crippen molar-refractivity contribution in [3.63, 3.8) is 0 Å². The molecular weight excluding hydrogens is 224 g/mol. The molecule has 0 aromatic rings. The summed E-state index contributed by atoms with van der Waals surface area (Å²) in [4.78, 5) is 10.2. The van der Waals surface area contributed by atoms with E-state index in [1.54, 1.807) is 6.08 Å². The van der Waals surface area contributed by atoms with Gasteiger partial charge in [0.05, 0.1) is 0 Å². The molecule has 18 heavy (non-hydrogen) atoms. The first-order valence-electron chi connectivity index (χ1n) is 6.63. The molecule has 0 radical (unpaired) electrons. The van der Waals surface area contributed by atoms with Crippen molar-refractivity contribution >= 4 is 5.97 Å². The normalized spacial score (nSPS) is 12.5. The highest BCUT2D eigenvalue weighted by molar-refractivity contribution is 5.79. The van der Waals surface area contributed by atoms with E-state index in [9.17, 15) is 4.79 Å². The number of hydrogen-bond acceptors (Lipinski definition) is 1. The van der Waals surface area contributed by atoms with E-state index in [1.807, 2.05) is 6.08 Å². The summed E-state index contributed by atoms with van der Waals surface area (Å²) >= 11 is 0. The van der Waals surface area contributed by atoms with Gasteiger partial charge in [0.25, 0.3) is 0 Å². The van der Waals surface area contributed by atoms with Crippen LogP contribution in [0.1, 0.15) is 45.4 Å². The predicted molar refractivity (Wildman–Crippen MR) is 77.6 cm³/mol. The van der Waals surface area contributed by atoms with E-state index in [1.165, 1.54) is 18.9 Å². The Morgan fingerprint density at radius 3 is 1.89 bits per heavy atom. The van der Waals surface area contributed by atoms with Crippen LogP contribution in [-0.2, 0) is 4.79 Å². The summed E-state index contributed by atoms with van der Waals surface area (Å²) in [6.45, 7) is 2.18. The van der Waals surface area contributed by atoms with Crippen molar-refractivity contribution < 1.29 is 9.90 Å². The zero-order chi connectivity index (χ0) is 13.5. The summed E-state index contributed by atoms with van der Waals surface area (Å²) in [5.74, 6) is -0.880. The van der Waals surface area contributed by atoms with Crippen LogP contribution in [0.4, 0.5) is 0 Å². The van der Waals surface area contributed by atoms with Gasteiger partial charge in [-0.3, -0.25) is 0 Å². The Morgan fingerprint density at radius 1 is 0.833 bits per heavy atom. The smallest absolute Gasteiger partial charge is 0.327 e. The molecule has 0 aliphatic rings. The molecule has 0 heterocycles. The van der Waals surface area contributed by atoms with Crippen LogP contribution in [0.2, 0.25) is 0 Å². The molecule has 0 atom stereocenters. The Kier molecular flexibility index (Phi) is 12.3. The molecule has 2 heteroatoms. The van der Waals surface area contributed by atoms with Crippen molar-refractivity contribution in [3.8, 4) is 0 Å². The Balaban J connectivity index is 3.43. The minimum Gasteiger partial charge on any atom is -0.478 e. The molecule has 2 nitrogen and oxygen atoms in total. The minimum atomic E-state index is -0.880. The van der Waals surface area contributed by atoms with Gasteiger partial charge in [0, 0.05) is 6.08 Å². The number of carboxylic acid groups (broad SMARTS) is 1. The van der Waals surface area contributed by atoms with Crippen LogP contribution in [0.25, 0.3) is 0 Å². The van der Waals surface area contributed by atoms with Crippen LogP contribution in [0.15, 0.2) is 48.6 Å². The highest BCUT2D eigenvalue weighted by Crippen LogP contribution is 1.97. The van der Waals surface area contributed by atoms with Gasteiger partial charge >= 0.3 is 5.97 Å². The molecule has 0 fully saturated rings. The first-order valence-corrected chi connectivity index (χ1v) is 6.63. The molecular formula is C16H24O2. The molecule has 1 N–H and O–H groups in total. The van der Waals surface area contributed by atoms with Gasteiger partial charge in [-0.05, 0) is 32.1 Å². The Morgan fingerprint density at radius 2 is 1.33 bits per heavy atom. The maximum absolute atomic E-state index is 10.2.